The van der Waals surface area contributed by atoms with Crippen molar-refractivity contribution in [1.82, 2.24) is 4.90 Å². The summed E-state index contributed by atoms with van der Waals surface area (Å²) in [5.41, 5.74) is 1.62. The molecule has 31 heavy (non-hydrogen) atoms. The molecule has 0 aromatic heterocycles. The maximum Gasteiger partial charge on any atom is 0.256 e. The quantitative estimate of drug-likeness (QED) is 0.796. The summed E-state index contributed by atoms with van der Waals surface area (Å²) in [4.78, 5) is 41.7. The number of nitrogens with zero attached hydrogens (tertiary/aromatic N) is 2. The van der Waals surface area contributed by atoms with Crippen molar-refractivity contribution in [2.45, 2.75) is 6.42 Å². The Morgan fingerprint density at radius 3 is 2.48 bits per heavy atom. The Balaban J connectivity index is 1.45. The molecule has 0 radical (unpaired) electrons. The minimum Gasteiger partial charge on any atom is -0.497 e. The van der Waals surface area contributed by atoms with Crippen molar-refractivity contribution in [3.8, 4) is 5.75 Å². The molecule has 0 bridgehead atoms. The van der Waals surface area contributed by atoms with Crippen LogP contribution in [0.3, 0.4) is 0 Å². The molecule has 2 fully saturated rings. The maximum absolute atomic E-state index is 12.9. The summed E-state index contributed by atoms with van der Waals surface area (Å²) in [7, 11) is 1.58. The van der Waals surface area contributed by atoms with E-state index in [1.165, 1.54) is 0 Å². The summed E-state index contributed by atoms with van der Waals surface area (Å²) in [6.07, 6.45) is 0.122. The van der Waals surface area contributed by atoms with E-state index in [1.807, 2.05) is 0 Å². The molecular formula is C23H25N3O5. The van der Waals surface area contributed by atoms with E-state index in [4.69, 9.17) is 9.47 Å². The van der Waals surface area contributed by atoms with Crippen molar-refractivity contribution in [3.05, 3.63) is 54.1 Å². The molecule has 0 spiro atoms. The summed E-state index contributed by atoms with van der Waals surface area (Å²) < 4.78 is 10.5. The molecule has 2 aliphatic rings. The Hall–Kier alpha value is -3.39. The summed E-state index contributed by atoms with van der Waals surface area (Å²) in [6, 6.07) is 14.1. The van der Waals surface area contributed by atoms with Crippen molar-refractivity contribution in [2.24, 2.45) is 5.92 Å². The molecule has 162 valence electrons. The highest BCUT2D eigenvalue weighted by molar-refractivity contribution is 6.07. The zero-order valence-corrected chi connectivity index (χ0v) is 17.4. The van der Waals surface area contributed by atoms with Crippen LogP contribution in [0.15, 0.2) is 48.5 Å². The third kappa shape index (κ3) is 4.54. The highest BCUT2D eigenvalue weighted by atomic mass is 16.5. The van der Waals surface area contributed by atoms with Crippen LogP contribution in [0, 0.1) is 5.92 Å². The van der Waals surface area contributed by atoms with Gasteiger partial charge in [0.1, 0.15) is 5.75 Å². The summed E-state index contributed by atoms with van der Waals surface area (Å²) in [5, 5.41) is 2.87. The van der Waals surface area contributed by atoms with E-state index in [2.05, 4.69) is 5.32 Å². The summed E-state index contributed by atoms with van der Waals surface area (Å²) >= 11 is 0. The third-order valence-corrected chi connectivity index (χ3v) is 5.59. The van der Waals surface area contributed by atoms with E-state index >= 15 is 0 Å². The van der Waals surface area contributed by atoms with E-state index in [-0.39, 0.29) is 30.7 Å². The largest absolute Gasteiger partial charge is 0.497 e. The average molecular weight is 423 g/mol. The predicted octanol–water partition coefficient (Wildman–Crippen LogP) is 2.16. The number of morpholine rings is 1. The number of hydrogen-bond acceptors (Lipinski definition) is 5. The van der Waals surface area contributed by atoms with Crippen LogP contribution in [0.25, 0.3) is 0 Å². The molecule has 0 unspecified atom stereocenters. The summed E-state index contributed by atoms with van der Waals surface area (Å²) in [5.74, 6) is -0.316. The zero-order chi connectivity index (χ0) is 21.8. The first-order chi connectivity index (χ1) is 15.1. The van der Waals surface area contributed by atoms with E-state index in [0.717, 1.165) is 5.69 Å². The fraction of sp³-hybridized carbons (Fsp3) is 0.348. The van der Waals surface area contributed by atoms with Gasteiger partial charge in [-0.3, -0.25) is 14.4 Å². The highest BCUT2D eigenvalue weighted by Crippen LogP contribution is 2.28. The number of carbonyl (C=O) groups excluding carboxylic acids is 3. The fourth-order valence-corrected chi connectivity index (χ4v) is 3.85. The fourth-order valence-electron chi connectivity index (χ4n) is 3.85. The van der Waals surface area contributed by atoms with Crippen LogP contribution in [-0.4, -0.2) is 62.6 Å². The normalized spacial score (nSPS) is 18.7. The second-order valence-electron chi connectivity index (χ2n) is 7.54. The molecule has 3 amide bonds. The molecule has 2 aliphatic heterocycles. The van der Waals surface area contributed by atoms with Gasteiger partial charge in [0, 0.05) is 31.7 Å². The molecule has 2 aromatic rings. The lowest BCUT2D eigenvalue weighted by Crippen LogP contribution is -2.41. The first-order valence-electron chi connectivity index (χ1n) is 10.3. The van der Waals surface area contributed by atoms with Crippen LogP contribution < -0.4 is 15.0 Å². The maximum atomic E-state index is 12.9. The smallest absolute Gasteiger partial charge is 0.256 e. The number of ether oxygens (including phenoxy) is 2. The molecule has 2 aromatic carbocycles. The van der Waals surface area contributed by atoms with Crippen LogP contribution in [0.5, 0.6) is 5.75 Å². The SMILES string of the molecule is COc1ccc(N2C[C@H](C(=O)Nc3ccccc3C(=O)N3CCOCC3)CC2=O)cc1. The number of anilines is 2. The second kappa shape index (κ2) is 9.18. The van der Waals surface area contributed by atoms with Gasteiger partial charge in [0.15, 0.2) is 0 Å². The average Bonchev–Trinajstić information content (AvgIpc) is 3.21. The van der Waals surface area contributed by atoms with Crippen LogP contribution >= 0.6 is 0 Å². The lowest BCUT2D eigenvalue weighted by atomic mass is 10.1. The molecule has 4 rings (SSSR count). The van der Waals surface area contributed by atoms with Gasteiger partial charge in [-0.05, 0) is 36.4 Å². The highest BCUT2D eigenvalue weighted by Gasteiger charge is 2.35. The van der Waals surface area contributed by atoms with Gasteiger partial charge in [-0.1, -0.05) is 12.1 Å². The Bertz CT molecular complexity index is 969. The van der Waals surface area contributed by atoms with Crippen LogP contribution in [0.4, 0.5) is 11.4 Å². The molecule has 0 aliphatic carbocycles. The molecule has 8 nitrogen and oxygen atoms in total. The van der Waals surface area contributed by atoms with Crippen LogP contribution in [0.2, 0.25) is 0 Å². The number of hydrogen-bond donors (Lipinski definition) is 1. The lowest BCUT2D eigenvalue weighted by molar-refractivity contribution is -0.122. The Morgan fingerprint density at radius 2 is 1.77 bits per heavy atom. The van der Waals surface area contributed by atoms with Gasteiger partial charge < -0.3 is 24.6 Å². The number of para-hydroxylation sites is 1. The molecular weight excluding hydrogens is 398 g/mol. The van der Waals surface area contributed by atoms with Crippen molar-refractivity contribution in [3.63, 3.8) is 0 Å². The van der Waals surface area contributed by atoms with Gasteiger partial charge in [-0.2, -0.15) is 0 Å². The standard InChI is InChI=1S/C23H25N3O5/c1-30-18-8-6-17(7-9-18)26-15-16(14-21(26)27)22(28)24-20-5-3-2-4-19(20)23(29)25-10-12-31-13-11-25/h2-9,16H,10-15H2,1H3,(H,24,28)/t16-/m1/s1. The van der Waals surface area contributed by atoms with Crippen LogP contribution in [0.1, 0.15) is 16.8 Å². The first kappa shape index (κ1) is 20.9. The van der Waals surface area contributed by atoms with Gasteiger partial charge >= 0.3 is 0 Å². The number of nitrogens with one attached hydrogen (secondary N) is 1. The number of amides is 3. The zero-order valence-electron chi connectivity index (χ0n) is 17.4. The Kier molecular flexibility index (Phi) is 6.18. The van der Waals surface area contributed by atoms with Crippen molar-refractivity contribution >= 4 is 29.1 Å². The van der Waals surface area contributed by atoms with Crippen molar-refractivity contribution in [2.75, 3.05) is 50.2 Å². The molecule has 8 heteroatoms. The topological polar surface area (TPSA) is 88.2 Å². The number of methoxy groups -OCH3 is 1. The lowest BCUT2D eigenvalue weighted by Gasteiger charge is -2.27. The van der Waals surface area contributed by atoms with E-state index < -0.39 is 5.92 Å². The van der Waals surface area contributed by atoms with Gasteiger partial charge in [0.2, 0.25) is 11.8 Å². The Labute approximate surface area is 180 Å². The predicted molar refractivity (Wildman–Crippen MR) is 115 cm³/mol. The number of rotatable bonds is 5. The minimum atomic E-state index is -0.499. The molecule has 0 saturated carbocycles. The Morgan fingerprint density at radius 1 is 1.06 bits per heavy atom. The van der Waals surface area contributed by atoms with Gasteiger partial charge in [-0.15, -0.1) is 0 Å². The second-order valence-corrected chi connectivity index (χ2v) is 7.54. The van der Waals surface area contributed by atoms with E-state index in [0.29, 0.717) is 43.3 Å². The van der Waals surface area contributed by atoms with Gasteiger partial charge in [0.05, 0.1) is 37.5 Å². The molecule has 1 N–H and O–H groups in total. The minimum absolute atomic E-state index is 0.108. The monoisotopic (exact) mass is 423 g/mol. The number of carbonyl (C=O) groups is 3. The van der Waals surface area contributed by atoms with Crippen molar-refractivity contribution in [1.29, 1.82) is 0 Å². The van der Waals surface area contributed by atoms with Gasteiger partial charge in [-0.25, -0.2) is 0 Å². The molecule has 2 saturated heterocycles. The molecule has 1 atom stereocenters. The number of benzene rings is 2. The first-order valence-corrected chi connectivity index (χ1v) is 10.3. The van der Waals surface area contributed by atoms with Crippen molar-refractivity contribution < 1.29 is 23.9 Å². The summed E-state index contributed by atoms with van der Waals surface area (Å²) in [6.45, 7) is 2.35. The van der Waals surface area contributed by atoms with Crippen LogP contribution in [-0.2, 0) is 14.3 Å². The third-order valence-electron chi connectivity index (χ3n) is 5.59. The van der Waals surface area contributed by atoms with E-state index in [9.17, 15) is 14.4 Å². The van der Waals surface area contributed by atoms with Gasteiger partial charge in [0.25, 0.3) is 5.91 Å². The van der Waals surface area contributed by atoms with E-state index in [1.54, 1.807) is 65.4 Å². The molecule has 2 heterocycles.